The summed E-state index contributed by atoms with van der Waals surface area (Å²) in [5.74, 6) is 0.763. The number of nitrogens with zero attached hydrogens (tertiary/aromatic N) is 2. The van der Waals surface area contributed by atoms with Gasteiger partial charge in [0.25, 0.3) is 5.91 Å². The van der Waals surface area contributed by atoms with E-state index in [1.807, 2.05) is 24.3 Å². The Bertz CT molecular complexity index is 1000. The van der Waals surface area contributed by atoms with Crippen LogP contribution in [0.1, 0.15) is 33.3 Å². The minimum Gasteiger partial charge on any atom is -0.497 e. The fraction of sp³-hybridized carbons (Fsp3) is 0.182. The molecule has 29 heavy (non-hydrogen) atoms. The Morgan fingerprint density at radius 1 is 1.07 bits per heavy atom. The number of rotatable bonds is 8. The van der Waals surface area contributed by atoms with Crippen molar-refractivity contribution in [2.75, 3.05) is 24.3 Å². The van der Waals surface area contributed by atoms with Gasteiger partial charge in [-0.3, -0.25) is 9.59 Å². The molecule has 0 unspecified atom stereocenters. The molecule has 0 radical (unpaired) electrons. The van der Waals surface area contributed by atoms with Crippen molar-refractivity contribution in [1.29, 1.82) is 0 Å². The molecule has 0 fully saturated rings. The number of aromatic nitrogens is 2. The molecule has 0 aliphatic heterocycles. The Kier molecular flexibility index (Phi) is 6.52. The van der Waals surface area contributed by atoms with Crippen LogP contribution in [0, 0.1) is 0 Å². The van der Waals surface area contributed by atoms with Gasteiger partial charge >= 0.3 is 0 Å². The summed E-state index contributed by atoms with van der Waals surface area (Å²) in [7, 11) is 1.64. The lowest BCUT2D eigenvalue weighted by Gasteiger charge is -2.08. The molecule has 0 saturated carbocycles. The van der Waals surface area contributed by atoms with Crippen LogP contribution >= 0.6 is 0 Å². The highest BCUT2D eigenvalue weighted by Crippen LogP contribution is 2.14. The van der Waals surface area contributed by atoms with Gasteiger partial charge in [-0.2, -0.15) is 0 Å². The number of amides is 1. The van der Waals surface area contributed by atoms with Gasteiger partial charge in [0.05, 0.1) is 7.11 Å². The molecule has 2 aromatic carbocycles. The number of anilines is 2. The lowest BCUT2D eigenvalue weighted by Crippen LogP contribution is -2.16. The SMILES string of the molecule is COc1ccc(CCNc2nccc(C(=O)Nc3cccc(C(C)=O)c3)n2)cc1. The Morgan fingerprint density at radius 3 is 2.59 bits per heavy atom. The number of methoxy groups -OCH3 is 1. The van der Waals surface area contributed by atoms with Crippen molar-refractivity contribution in [3.05, 3.63) is 77.6 Å². The molecular weight excluding hydrogens is 368 g/mol. The van der Waals surface area contributed by atoms with E-state index in [1.54, 1.807) is 37.4 Å². The van der Waals surface area contributed by atoms with E-state index in [1.165, 1.54) is 13.1 Å². The van der Waals surface area contributed by atoms with Crippen LogP contribution in [0.5, 0.6) is 5.75 Å². The summed E-state index contributed by atoms with van der Waals surface area (Å²) in [5.41, 5.74) is 2.46. The summed E-state index contributed by atoms with van der Waals surface area (Å²) in [6.45, 7) is 2.10. The number of benzene rings is 2. The zero-order valence-corrected chi connectivity index (χ0v) is 16.3. The van der Waals surface area contributed by atoms with Crippen LogP contribution in [-0.2, 0) is 6.42 Å². The first-order valence-corrected chi connectivity index (χ1v) is 9.17. The van der Waals surface area contributed by atoms with E-state index in [9.17, 15) is 9.59 Å². The van der Waals surface area contributed by atoms with Gasteiger partial charge in [0.1, 0.15) is 11.4 Å². The fourth-order valence-electron chi connectivity index (χ4n) is 2.69. The minimum atomic E-state index is -0.369. The third-order valence-electron chi connectivity index (χ3n) is 4.27. The number of nitrogens with one attached hydrogen (secondary N) is 2. The van der Waals surface area contributed by atoms with Crippen molar-refractivity contribution >= 4 is 23.3 Å². The first-order valence-electron chi connectivity index (χ1n) is 9.17. The quantitative estimate of drug-likeness (QED) is 0.571. The summed E-state index contributed by atoms with van der Waals surface area (Å²) >= 11 is 0. The van der Waals surface area contributed by atoms with E-state index in [0.29, 0.717) is 23.7 Å². The molecule has 3 aromatic rings. The molecule has 1 amide bonds. The van der Waals surface area contributed by atoms with Gasteiger partial charge in [0, 0.05) is 24.0 Å². The molecule has 0 saturated heterocycles. The molecule has 7 heteroatoms. The Hall–Kier alpha value is -3.74. The second-order valence-corrected chi connectivity index (χ2v) is 6.38. The highest BCUT2D eigenvalue weighted by atomic mass is 16.5. The van der Waals surface area contributed by atoms with E-state index in [4.69, 9.17) is 4.74 Å². The van der Waals surface area contributed by atoms with Crippen LogP contribution in [-0.4, -0.2) is 35.3 Å². The van der Waals surface area contributed by atoms with E-state index in [-0.39, 0.29) is 17.4 Å². The van der Waals surface area contributed by atoms with E-state index in [2.05, 4.69) is 20.6 Å². The van der Waals surface area contributed by atoms with Gasteiger partial charge in [-0.15, -0.1) is 0 Å². The lowest BCUT2D eigenvalue weighted by atomic mass is 10.1. The van der Waals surface area contributed by atoms with Crippen LogP contribution in [0.3, 0.4) is 0 Å². The van der Waals surface area contributed by atoms with Crippen molar-refractivity contribution in [3.63, 3.8) is 0 Å². The second-order valence-electron chi connectivity index (χ2n) is 6.38. The zero-order valence-electron chi connectivity index (χ0n) is 16.3. The van der Waals surface area contributed by atoms with Crippen LogP contribution in [0.2, 0.25) is 0 Å². The number of carbonyl (C=O) groups excluding carboxylic acids is 2. The number of hydrogen-bond acceptors (Lipinski definition) is 6. The van der Waals surface area contributed by atoms with Crippen molar-refractivity contribution in [2.24, 2.45) is 0 Å². The molecule has 0 bridgehead atoms. The van der Waals surface area contributed by atoms with Crippen molar-refractivity contribution in [1.82, 2.24) is 9.97 Å². The van der Waals surface area contributed by atoms with Crippen LogP contribution in [0.25, 0.3) is 0 Å². The number of hydrogen-bond donors (Lipinski definition) is 2. The van der Waals surface area contributed by atoms with Crippen molar-refractivity contribution in [3.8, 4) is 5.75 Å². The summed E-state index contributed by atoms with van der Waals surface area (Å²) in [5, 5.41) is 5.88. The predicted octanol–water partition coefficient (Wildman–Crippen LogP) is 3.59. The van der Waals surface area contributed by atoms with E-state index in [0.717, 1.165) is 17.7 Å². The van der Waals surface area contributed by atoms with Crippen LogP contribution < -0.4 is 15.4 Å². The normalized spacial score (nSPS) is 10.3. The molecule has 0 spiro atoms. The van der Waals surface area contributed by atoms with Gasteiger partial charge in [-0.1, -0.05) is 24.3 Å². The number of Topliss-reactive ketones (excluding diaryl/α,β-unsaturated/α-hetero) is 1. The summed E-state index contributed by atoms with van der Waals surface area (Å²) < 4.78 is 5.15. The smallest absolute Gasteiger partial charge is 0.274 e. The molecule has 3 rings (SSSR count). The third-order valence-corrected chi connectivity index (χ3v) is 4.27. The largest absolute Gasteiger partial charge is 0.497 e. The van der Waals surface area contributed by atoms with Gasteiger partial charge in [0.2, 0.25) is 5.95 Å². The van der Waals surface area contributed by atoms with Crippen molar-refractivity contribution < 1.29 is 14.3 Å². The predicted molar refractivity (Wildman–Crippen MR) is 112 cm³/mol. The van der Waals surface area contributed by atoms with Gasteiger partial charge in [0.15, 0.2) is 5.78 Å². The monoisotopic (exact) mass is 390 g/mol. The average Bonchev–Trinajstić information content (AvgIpc) is 2.74. The summed E-state index contributed by atoms with van der Waals surface area (Å²) in [6, 6.07) is 16.1. The molecule has 0 atom stereocenters. The van der Waals surface area contributed by atoms with Gasteiger partial charge < -0.3 is 15.4 Å². The average molecular weight is 390 g/mol. The maximum absolute atomic E-state index is 12.5. The molecule has 2 N–H and O–H groups in total. The van der Waals surface area contributed by atoms with E-state index >= 15 is 0 Å². The molecule has 0 aliphatic carbocycles. The summed E-state index contributed by atoms with van der Waals surface area (Å²) in [4.78, 5) is 32.4. The molecule has 1 heterocycles. The fourth-order valence-corrected chi connectivity index (χ4v) is 2.69. The Balaban J connectivity index is 1.58. The minimum absolute atomic E-state index is 0.0634. The topological polar surface area (TPSA) is 93.2 Å². The molecule has 148 valence electrons. The standard InChI is InChI=1S/C22H22N4O3/c1-15(27)17-4-3-5-18(14-17)25-21(28)20-11-13-24-22(26-20)23-12-10-16-6-8-19(29-2)9-7-16/h3-9,11,13-14H,10,12H2,1-2H3,(H,25,28)(H,23,24,26). The maximum atomic E-state index is 12.5. The highest BCUT2D eigenvalue weighted by molar-refractivity contribution is 6.04. The highest BCUT2D eigenvalue weighted by Gasteiger charge is 2.10. The summed E-state index contributed by atoms with van der Waals surface area (Å²) in [6.07, 6.45) is 2.31. The molecular formula is C22H22N4O3. The Morgan fingerprint density at radius 2 is 1.86 bits per heavy atom. The first-order chi connectivity index (χ1) is 14.0. The van der Waals surface area contributed by atoms with Crippen LogP contribution in [0.15, 0.2) is 60.8 Å². The van der Waals surface area contributed by atoms with Gasteiger partial charge in [-0.05, 0) is 49.2 Å². The lowest BCUT2D eigenvalue weighted by molar-refractivity contribution is 0.100. The molecule has 0 aliphatic rings. The van der Waals surface area contributed by atoms with Gasteiger partial charge in [-0.25, -0.2) is 9.97 Å². The third kappa shape index (κ3) is 5.62. The Labute approximate surface area is 169 Å². The first kappa shape index (κ1) is 20.0. The van der Waals surface area contributed by atoms with Crippen LogP contribution in [0.4, 0.5) is 11.6 Å². The molecule has 1 aromatic heterocycles. The number of carbonyl (C=O) groups is 2. The molecule has 7 nitrogen and oxygen atoms in total. The second kappa shape index (κ2) is 9.45. The van der Waals surface area contributed by atoms with E-state index < -0.39 is 0 Å². The maximum Gasteiger partial charge on any atom is 0.274 e. The van der Waals surface area contributed by atoms with Crippen molar-refractivity contribution in [2.45, 2.75) is 13.3 Å². The number of ketones is 1. The number of ether oxygens (including phenoxy) is 1. The zero-order chi connectivity index (χ0) is 20.6.